The molecule has 5 heteroatoms. The van der Waals surface area contributed by atoms with E-state index in [1.807, 2.05) is 48.5 Å². The van der Waals surface area contributed by atoms with Gasteiger partial charge in [-0.2, -0.15) is 0 Å². The number of aromatic nitrogens is 2. The fraction of sp³-hybridized carbons (Fsp3) is 0.0476. The van der Waals surface area contributed by atoms with Gasteiger partial charge in [0.05, 0.1) is 23.8 Å². The lowest BCUT2D eigenvalue weighted by Gasteiger charge is -2.10. The summed E-state index contributed by atoms with van der Waals surface area (Å²) in [4.78, 5) is 20.3. The van der Waals surface area contributed by atoms with Gasteiger partial charge >= 0.3 is 0 Å². The Kier molecular flexibility index (Phi) is 4.11. The number of fused-ring (bicyclic) bond motifs is 1. The average Bonchev–Trinajstić information content (AvgIpc) is 3.13. The minimum absolute atomic E-state index is 0.189. The number of aromatic amines is 1. The molecule has 4 rings (SSSR count). The number of carbonyl (C=O) groups is 1. The van der Waals surface area contributed by atoms with Crippen molar-refractivity contribution in [1.29, 1.82) is 0 Å². The molecule has 0 aliphatic heterocycles. The number of nitrogens with zero attached hydrogens (tertiary/aromatic N) is 1. The van der Waals surface area contributed by atoms with Crippen LogP contribution in [0.1, 0.15) is 10.4 Å². The zero-order chi connectivity index (χ0) is 17.9. The summed E-state index contributed by atoms with van der Waals surface area (Å²) in [7, 11) is 1.58. The first-order valence-corrected chi connectivity index (χ1v) is 8.24. The first-order valence-electron chi connectivity index (χ1n) is 8.24. The molecule has 0 saturated carbocycles. The number of rotatable bonds is 4. The first-order chi connectivity index (χ1) is 12.7. The molecule has 1 aromatic heterocycles. The van der Waals surface area contributed by atoms with E-state index in [1.165, 1.54) is 0 Å². The molecule has 128 valence electrons. The van der Waals surface area contributed by atoms with Gasteiger partial charge in [-0.25, -0.2) is 4.98 Å². The van der Waals surface area contributed by atoms with E-state index in [4.69, 9.17) is 4.74 Å². The number of imidazole rings is 1. The lowest BCUT2D eigenvalue weighted by Crippen LogP contribution is -2.12. The van der Waals surface area contributed by atoms with E-state index >= 15 is 0 Å². The molecule has 0 atom stereocenters. The second-order valence-corrected chi connectivity index (χ2v) is 5.83. The van der Waals surface area contributed by atoms with Crippen molar-refractivity contribution in [3.63, 3.8) is 0 Å². The van der Waals surface area contributed by atoms with Crippen LogP contribution < -0.4 is 10.1 Å². The van der Waals surface area contributed by atoms with Crippen molar-refractivity contribution in [3.05, 3.63) is 78.4 Å². The zero-order valence-electron chi connectivity index (χ0n) is 14.2. The molecular weight excluding hydrogens is 326 g/mol. The van der Waals surface area contributed by atoms with Gasteiger partial charge in [-0.05, 0) is 36.4 Å². The van der Waals surface area contributed by atoms with E-state index in [0.717, 1.165) is 22.4 Å². The lowest BCUT2D eigenvalue weighted by molar-refractivity contribution is 0.102. The largest absolute Gasteiger partial charge is 0.495 e. The standard InChI is InChI=1S/C21H17N3O2/c1-26-19-9-5-4-8-18(19)24-21(25)15-12-10-14(11-13-15)20-22-16-6-2-3-7-17(16)23-20/h2-13H,1H3,(H,22,23)(H,24,25). The highest BCUT2D eigenvalue weighted by Crippen LogP contribution is 2.24. The van der Waals surface area contributed by atoms with Crippen LogP contribution in [0.25, 0.3) is 22.4 Å². The van der Waals surface area contributed by atoms with Gasteiger partial charge in [0.25, 0.3) is 5.91 Å². The summed E-state index contributed by atoms with van der Waals surface area (Å²) in [5, 5.41) is 2.87. The number of ether oxygens (including phenoxy) is 1. The summed E-state index contributed by atoms with van der Waals surface area (Å²) in [6.45, 7) is 0. The van der Waals surface area contributed by atoms with Crippen molar-refractivity contribution in [3.8, 4) is 17.1 Å². The predicted octanol–water partition coefficient (Wildman–Crippen LogP) is 4.49. The maximum Gasteiger partial charge on any atom is 0.255 e. The van der Waals surface area contributed by atoms with Crippen molar-refractivity contribution >= 4 is 22.6 Å². The normalized spacial score (nSPS) is 10.7. The third kappa shape index (κ3) is 3.02. The molecule has 1 amide bonds. The van der Waals surface area contributed by atoms with Crippen LogP contribution in [0, 0.1) is 0 Å². The van der Waals surface area contributed by atoms with Crippen LogP contribution in [0.3, 0.4) is 0 Å². The summed E-state index contributed by atoms with van der Waals surface area (Å²) in [5.74, 6) is 1.22. The highest BCUT2D eigenvalue weighted by molar-refractivity contribution is 6.05. The zero-order valence-corrected chi connectivity index (χ0v) is 14.2. The molecule has 2 N–H and O–H groups in total. The van der Waals surface area contributed by atoms with Crippen LogP contribution in [0.4, 0.5) is 5.69 Å². The Morgan fingerprint density at radius 3 is 2.46 bits per heavy atom. The molecule has 0 spiro atoms. The van der Waals surface area contributed by atoms with Gasteiger partial charge in [-0.3, -0.25) is 4.79 Å². The molecule has 0 aliphatic carbocycles. The molecule has 0 radical (unpaired) electrons. The van der Waals surface area contributed by atoms with Crippen molar-refractivity contribution in [2.45, 2.75) is 0 Å². The quantitative estimate of drug-likeness (QED) is 0.574. The highest BCUT2D eigenvalue weighted by atomic mass is 16.5. The van der Waals surface area contributed by atoms with E-state index in [9.17, 15) is 4.79 Å². The second kappa shape index (κ2) is 6.72. The summed E-state index contributed by atoms with van der Waals surface area (Å²) in [5.41, 5.74) is 4.04. The molecule has 0 unspecified atom stereocenters. The van der Waals surface area contributed by atoms with E-state index in [1.54, 1.807) is 31.4 Å². The van der Waals surface area contributed by atoms with Crippen LogP contribution in [0.15, 0.2) is 72.8 Å². The molecule has 0 saturated heterocycles. The summed E-state index contributed by atoms with van der Waals surface area (Å²) in [6, 6.07) is 22.5. The van der Waals surface area contributed by atoms with Crippen molar-refractivity contribution in [1.82, 2.24) is 9.97 Å². The minimum Gasteiger partial charge on any atom is -0.495 e. The van der Waals surface area contributed by atoms with E-state index < -0.39 is 0 Å². The molecule has 5 nitrogen and oxygen atoms in total. The number of hydrogen-bond donors (Lipinski definition) is 2. The summed E-state index contributed by atoms with van der Waals surface area (Å²) < 4.78 is 5.26. The van der Waals surface area contributed by atoms with Crippen LogP contribution >= 0.6 is 0 Å². The van der Waals surface area contributed by atoms with Gasteiger partial charge in [0, 0.05) is 11.1 Å². The lowest BCUT2D eigenvalue weighted by atomic mass is 10.1. The second-order valence-electron chi connectivity index (χ2n) is 5.83. The number of H-pyrrole nitrogens is 1. The summed E-state index contributed by atoms with van der Waals surface area (Å²) in [6.07, 6.45) is 0. The molecule has 0 fully saturated rings. The van der Waals surface area contributed by atoms with Crippen LogP contribution in [-0.4, -0.2) is 23.0 Å². The van der Waals surface area contributed by atoms with Gasteiger partial charge in [-0.15, -0.1) is 0 Å². The highest BCUT2D eigenvalue weighted by Gasteiger charge is 2.10. The minimum atomic E-state index is -0.189. The number of carbonyl (C=O) groups excluding carboxylic acids is 1. The Balaban J connectivity index is 1.56. The molecule has 26 heavy (non-hydrogen) atoms. The number of methoxy groups -OCH3 is 1. The van der Waals surface area contributed by atoms with Crippen LogP contribution in [0.2, 0.25) is 0 Å². The average molecular weight is 343 g/mol. The number of para-hydroxylation sites is 4. The number of nitrogens with one attached hydrogen (secondary N) is 2. The Bertz CT molecular complexity index is 1040. The van der Waals surface area contributed by atoms with Gasteiger partial charge in [0.2, 0.25) is 0 Å². The topological polar surface area (TPSA) is 67.0 Å². The summed E-state index contributed by atoms with van der Waals surface area (Å²) >= 11 is 0. The SMILES string of the molecule is COc1ccccc1NC(=O)c1ccc(-c2nc3ccccc3[nH]2)cc1. The number of amides is 1. The number of hydrogen-bond acceptors (Lipinski definition) is 3. The first kappa shape index (κ1) is 15.9. The molecule has 4 aromatic rings. The Morgan fingerprint density at radius 1 is 0.962 bits per heavy atom. The maximum atomic E-state index is 12.5. The van der Waals surface area contributed by atoms with Gasteiger partial charge in [0.1, 0.15) is 11.6 Å². The van der Waals surface area contributed by atoms with E-state index in [-0.39, 0.29) is 5.91 Å². The fourth-order valence-electron chi connectivity index (χ4n) is 2.81. The van der Waals surface area contributed by atoms with Gasteiger partial charge in [-0.1, -0.05) is 36.4 Å². The Labute approximate surface area is 150 Å². The van der Waals surface area contributed by atoms with Crippen LogP contribution in [-0.2, 0) is 0 Å². The number of benzene rings is 3. The van der Waals surface area contributed by atoms with Gasteiger partial charge in [0.15, 0.2) is 0 Å². The number of anilines is 1. The molecule has 3 aromatic carbocycles. The monoisotopic (exact) mass is 343 g/mol. The molecule has 0 bridgehead atoms. The third-order valence-corrected chi connectivity index (χ3v) is 4.17. The molecule has 1 heterocycles. The van der Waals surface area contributed by atoms with Gasteiger partial charge < -0.3 is 15.0 Å². The van der Waals surface area contributed by atoms with Crippen molar-refractivity contribution in [2.24, 2.45) is 0 Å². The third-order valence-electron chi connectivity index (χ3n) is 4.17. The smallest absolute Gasteiger partial charge is 0.255 e. The van der Waals surface area contributed by atoms with E-state index in [0.29, 0.717) is 17.0 Å². The Hall–Kier alpha value is -3.60. The van der Waals surface area contributed by atoms with Crippen molar-refractivity contribution in [2.75, 3.05) is 12.4 Å². The molecular formula is C21H17N3O2. The Morgan fingerprint density at radius 2 is 1.69 bits per heavy atom. The maximum absolute atomic E-state index is 12.5. The van der Waals surface area contributed by atoms with Crippen molar-refractivity contribution < 1.29 is 9.53 Å². The van der Waals surface area contributed by atoms with E-state index in [2.05, 4.69) is 15.3 Å². The predicted molar refractivity (Wildman–Crippen MR) is 102 cm³/mol. The fourth-order valence-corrected chi connectivity index (χ4v) is 2.81. The molecule has 0 aliphatic rings. The van der Waals surface area contributed by atoms with Crippen LogP contribution in [0.5, 0.6) is 5.75 Å².